The fourth-order valence-electron chi connectivity index (χ4n) is 2.28. The molecule has 1 aromatic carbocycles. The number of H-pyrrole nitrogens is 1. The summed E-state index contributed by atoms with van der Waals surface area (Å²) in [6.07, 6.45) is 3.32. The Balaban J connectivity index is 1.55. The van der Waals surface area contributed by atoms with E-state index >= 15 is 0 Å². The minimum atomic E-state index is -0.291. The molecule has 6 nitrogen and oxygen atoms in total. The van der Waals surface area contributed by atoms with E-state index in [0.29, 0.717) is 23.9 Å². The molecule has 0 unspecified atom stereocenters. The average molecular weight is 301 g/mol. The van der Waals surface area contributed by atoms with Crippen LogP contribution >= 0.6 is 0 Å². The molecule has 6 heteroatoms. The molecule has 1 amide bonds. The zero-order chi connectivity index (χ0) is 15.4. The number of nitrogens with one attached hydrogen (secondary N) is 2. The first-order valence-corrected chi connectivity index (χ1v) is 7.59. The maximum absolute atomic E-state index is 12.2. The van der Waals surface area contributed by atoms with Gasteiger partial charge >= 0.3 is 0 Å². The fourth-order valence-corrected chi connectivity index (χ4v) is 2.28. The predicted octanol–water partition coefficient (Wildman–Crippen LogP) is 1.47. The van der Waals surface area contributed by atoms with E-state index in [-0.39, 0.29) is 17.2 Å². The highest BCUT2D eigenvalue weighted by Crippen LogP contribution is 2.28. The Bertz CT molecular complexity index is 722. The van der Waals surface area contributed by atoms with E-state index in [2.05, 4.69) is 15.5 Å². The van der Waals surface area contributed by atoms with Crippen LogP contribution in [0, 0.1) is 5.92 Å². The molecule has 1 aliphatic rings. The lowest BCUT2D eigenvalue weighted by Crippen LogP contribution is -2.28. The molecule has 3 rings (SSSR count). The first-order chi connectivity index (χ1) is 10.8. The average Bonchev–Trinajstić information content (AvgIpc) is 3.35. The SMILES string of the molecule is O=C(NCCCOCC1CC1)c1n[nH]c(=O)c2ccccc12. The molecule has 0 bridgehead atoms. The van der Waals surface area contributed by atoms with Crippen LogP contribution in [0.2, 0.25) is 0 Å². The third-order valence-electron chi connectivity index (χ3n) is 3.71. The number of carbonyl (C=O) groups is 1. The van der Waals surface area contributed by atoms with Crippen LogP contribution in [-0.4, -0.2) is 35.9 Å². The van der Waals surface area contributed by atoms with Crippen molar-refractivity contribution in [1.82, 2.24) is 15.5 Å². The lowest BCUT2D eigenvalue weighted by molar-refractivity contribution is 0.0933. The Morgan fingerprint density at radius 2 is 2.09 bits per heavy atom. The smallest absolute Gasteiger partial charge is 0.272 e. The number of ether oxygens (including phenoxy) is 1. The van der Waals surface area contributed by atoms with Gasteiger partial charge in [0.1, 0.15) is 0 Å². The topological polar surface area (TPSA) is 84.1 Å². The van der Waals surface area contributed by atoms with Crippen LogP contribution < -0.4 is 10.9 Å². The van der Waals surface area contributed by atoms with Gasteiger partial charge in [0.15, 0.2) is 5.69 Å². The molecule has 1 heterocycles. The molecule has 116 valence electrons. The van der Waals surface area contributed by atoms with Crippen molar-refractivity contribution in [1.29, 1.82) is 0 Å². The fraction of sp³-hybridized carbons (Fsp3) is 0.438. The number of nitrogens with zero attached hydrogens (tertiary/aromatic N) is 1. The summed E-state index contributed by atoms with van der Waals surface area (Å²) in [5.41, 5.74) is -0.0466. The molecule has 0 saturated heterocycles. The molecule has 1 fully saturated rings. The second-order valence-electron chi connectivity index (χ2n) is 5.57. The minimum absolute atomic E-state index is 0.245. The molecule has 0 atom stereocenters. The van der Waals surface area contributed by atoms with E-state index in [4.69, 9.17) is 4.74 Å². The quantitative estimate of drug-likeness (QED) is 0.759. The van der Waals surface area contributed by atoms with Crippen molar-refractivity contribution >= 4 is 16.7 Å². The van der Waals surface area contributed by atoms with E-state index in [1.807, 2.05) is 0 Å². The number of hydrogen-bond donors (Lipinski definition) is 2. The normalized spacial score (nSPS) is 14.2. The first-order valence-electron chi connectivity index (χ1n) is 7.59. The van der Waals surface area contributed by atoms with Crippen molar-refractivity contribution in [2.75, 3.05) is 19.8 Å². The van der Waals surface area contributed by atoms with E-state index in [9.17, 15) is 9.59 Å². The molecule has 2 N–H and O–H groups in total. The number of benzene rings is 1. The Morgan fingerprint density at radius 3 is 2.86 bits per heavy atom. The van der Waals surface area contributed by atoms with Crippen LogP contribution in [0.15, 0.2) is 29.1 Å². The number of aromatic amines is 1. The second-order valence-corrected chi connectivity index (χ2v) is 5.57. The number of carbonyl (C=O) groups excluding carboxylic acids is 1. The van der Waals surface area contributed by atoms with Gasteiger partial charge in [-0.05, 0) is 31.2 Å². The van der Waals surface area contributed by atoms with Crippen molar-refractivity contribution < 1.29 is 9.53 Å². The Labute approximate surface area is 127 Å². The predicted molar refractivity (Wildman–Crippen MR) is 82.9 cm³/mol. The lowest BCUT2D eigenvalue weighted by Gasteiger charge is -2.07. The Hall–Kier alpha value is -2.21. The molecule has 0 spiro atoms. The van der Waals surface area contributed by atoms with E-state index in [0.717, 1.165) is 18.9 Å². The summed E-state index contributed by atoms with van der Waals surface area (Å²) < 4.78 is 5.52. The van der Waals surface area contributed by atoms with Crippen LogP contribution in [0.4, 0.5) is 0 Å². The van der Waals surface area contributed by atoms with Gasteiger partial charge in [-0.25, -0.2) is 5.10 Å². The summed E-state index contributed by atoms with van der Waals surface area (Å²) in [4.78, 5) is 23.9. The summed E-state index contributed by atoms with van der Waals surface area (Å²) in [5, 5.41) is 10.1. The van der Waals surface area contributed by atoms with E-state index in [1.165, 1.54) is 12.8 Å². The van der Waals surface area contributed by atoms with Crippen molar-refractivity contribution in [3.8, 4) is 0 Å². The molecule has 2 aromatic rings. The van der Waals surface area contributed by atoms with E-state index < -0.39 is 0 Å². The molecule has 0 aliphatic heterocycles. The van der Waals surface area contributed by atoms with E-state index in [1.54, 1.807) is 24.3 Å². The standard InChI is InChI=1S/C16H19N3O3/c20-15-13-5-2-1-4-12(13)14(18-19-15)16(21)17-8-3-9-22-10-11-6-7-11/h1-2,4-5,11H,3,6-10H2,(H,17,21)(H,19,20). The Morgan fingerprint density at radius 1 is 1.32 bits per heavy atom. The van der Waals surface area contributed by atoms with Crippen LogP contribution in [0.25, 0.3) is 10.8 Å². The number of hydrogen-bond acceptors (Lipinski definition) is 4. The molecular formula is C16H19N3O3. The zero-order valence-electron chi connectivity index (χ0n) is 12.3. The molecule has 1 aromatic heterocycles. The number of aromatic nitrogens is 2. The largest absolute Gasteiger partial charge is 0.381 e. The summed E-state index contributed by atoms with van der Waals surface area (Å²) in [6, 6.07) is 6.95. The number of amides is 1. The van der Waals surface area contributed by atoms with Gasteiger partial charge in [-0.15, -0.1) is 0 Å². The number of rotatable bonds is 7. The highest BCUT2D eigenvalue weighted by molar-refractivity contribution is 6.04. The van der Waals surface area contributed by atoms with Crippen LogP contribution in [0.5, 0.6) is 0 Å². The molecular weight excluding hydrogens is 282 g/mol. The minimum Gasteiger partial charge on any atom is -0.381 e. The first kappa shape index (κ1) is 14.7. The summed E-state index contributed by atoms with van der Waals surface area (Å²) in [7, 11) is 0. The van der Waals surface area contributed by atoms with Gasteiger partial charge in [0.05, 0.1) is 5.39 Å². The zero-order valence-corrected chi connectivity index (χ0v) is 12.3. The molecule has 1 aliphatic carbocycles. The van der Waals surface area contributed by atoms with Gasteiger partial charge in [0.25, 0.3) is 11.5 Å². The van der Waals surface area contributed by atoms with Crippen molar-refractivity contribution in [3.05, 3.63) is 40.3 Å². The van der Waals surface area contributed by atoms with Gasteiger partial charge in [-0.2, -0.15) is 5.10 Å². The highest BCUT2D eigenvalue weighted by Gasteiger charge is 2.20. The summed E-state index contributed by atoms with van der Waals surface area (Å²) >= 11 is 0. The maximum Gasteiger partial charge on any atom is 0.272 e. The van der Waals surface area contributed by atoms with Gasteiger partial charge in [0.2, 0.25) is 0 Å². The summed E-state index contributed by atoms with van der Waals surface area (Å²) in [6.45, 7) is 2.01. The monoisotopic (exact) mass is 301 g/mol. The molecule has 1 saturated carbocycles. The third kappa shape index (κ3) is 3.51. The van der Waals surface area contributed by atoms with Crippen LogP contribution in [0.3, 0.4) is 0 Å². The molecule has 0 radical (unpaired) electrons. The van der Waals surface area contributed by atoms with Gasteiger partial charge < -0.3 is 10.1 Å². The second kappa shape index (κ2) is 6.70. The maximum atomic E-state index is 12.2. The lowest BCUT2D eigenvalue weighted by atomic mass is 10.1. The van der Waals surface area contributed by atoms with Crippen molar-refractivity contribution in [2.24, 2.45) is 5.92 Å². The van der Waals surface area contributed by atoms with Gasteiger partial charge in [-0.1, -0.05) is 18.2 Å². The highest BCUT2D eigenvalue weighted by atomic mass is 16.5. The van der Waals surface area contributed by atoms with Gasteiger partial charge in [0, 0.05) is 25.1 Å². The Kier molecular flexibility index (Phi) is 4.48. The van der Waals surface area contributed by atoms with Crippen LogP contribution in [-0.2, 0) is 4.74 Å². The van der Waals surface area contributed by atoms with Gasteiger partial charge in [-0.3, -0.25) is 9.59 Å². The third-order valence-corrected chi connectivity index (χ3v) is 3.71. The number of fused-ring (bicyclic) bond motifs is 1. The summed E-state index contributed by atoms with van der Waals surface area (Å²) in [5.74, 6) is 0.473. The van der Waals surface area contributed by atoms with Crippen LogP contribution in [0.1, 0.15) is 29.8 Å². The van der Waals surface area contributed by atoms with Crippen molar-refractivity contribution in [3.63, 3.8) is 0 Å². The molecule has 22 heavy (non-hydrogen) atoms. The van der Waals surface area contributed by atoms with Crippen molar-refractivity contribution in [2.45, 2.75) is 19.3 Å².